The highest BCUT2D eigenvalue weighted by atomic mass is 35.5. The fourth-order valence-electron chi connectivity index (χ4n) is 1.62. The summed E-state index contributed by atoms with van der Waals surface area (Å²) in [5.74, 6) is 0. The van der Waals surface area contributed by atoms with Crippen molar-refractivity contribution in [3.05, 3.63) is 57.8 Å². The predicted octanol–water partition coefficient (Wildman–Crippen LogP) is 5.41. The fourth-order valence-corrected chi connectivity index (χ4v) is 2.51. The van der Waals surface area contributed by atoms with Crippen LogP contribution in [0.1, 0.15) is 13.8 Å². The molecule has 0 aliphatic carbocycles. The summed E-state index contributed by atoms with van der Waals surface area (Å²) in [4.78, 5) is 0. The zero-order valence-electron chi connectivity index (χ0n) is 11.0. The van der Waals surface area contributed by atoms with Gasteiger partial charge < -0.3 is 0 Å². The van der Waals surface area contributed by atoms with Crippen molar-refractivity contribution in [2.24, 2.45) is 10.2 Å². The largest absolute Gasteiger partial charge is 0.272 e. The second-order valence-corrected chi connectivity index (χ2v) is 5.95. The molecular formula is C14H13Cl3N3+. The Bertz CT molecular complexity index is 616. The van der Waals surface area contributed by atoms with E-state index in [1.54, 1.807) is 12.1 Å². The van der Waals surface area contributed by atoms with Gasteiger partial charge in [-0.15, -0.1) is 10.2 Å². The molecule has 6 heteroatoms. The van der Waals surface area contributed by atoms with Gasteiger partial charge in [0, 0.05) is 31.0 Å². The van der Waals surface area contributed by atoms with E-state index >= 15 is 0 Å². The van der Waals surface area contributed by atoms with E-state index in [1.807, 2.05) is 49.0 Å². The van der Waals surface area contributed by atoms with E-state index in [0.29, 0.717) is 20.8 Å². The summed E-state index contributed by atoms with van der Waals surface area (Å²) < 4.78 is 1.94. The number of nitrogens with zero attached hydrogens (tertiary/aromatic N) is 3. The Morgan fingerprint density at radius 1 is 0.950 bits per heavy atom. The molecule has 1 heterocycles. The van der Waals surface area contributed by atoms with Crippen LogP contribution in [0, 0.1) is 0 Å². The van der Waals surface area contributed by atoms with E-state index in [9.17, 15) is 0 Å². The third kappa shape index (κ3) is 3.48. The number of hydrogen-bond acceptors (Lipinski definition) is 2. The Balaban J connectivity index is 2.34. The first-order valence-electron chi connectivity index (χ1n) is 5.94. The Morgan fingerprint density at radius 3 is 2.05 bits per heavy atom. The summed E-state index contributed by atoms with van der Waals surface area (Å²) in [5.41, 5.74) is -0.129. The smallest absolute Gasteiger partial charge is 0.178 e. The summed E-state index contributed by atoms with van der Waals surface area (Å²) in [6.07, 6.45) is 3.84. The van der Waals surface area contributed by atoms with Crippen LogP contribution in [0.2, 0.25) is 15.1 Å². The molecule has 104 valence electrons. The van der Waals surface area contributed by atoms with Gasteiger partial charge in [0.2, 0.25) is 0 Å². The molecule has 0 bridgehead atoms. The van der Waals surface area contributed by atoms with Gasteiger partial charge in [-0.3, -0.25) is 0 Å². The Morgan fingerprint density at radius 2 is 1.50 bits per heavy atom. The Labute approximate surface area is 132 Å². The molecule has 0 spiro atoms. The molecule has 0 radical (unpaired) electrons. The fraction of sp³-hybridized carbons (Fsp3) is 0.214. The number of rotatable bonds is 3. The van der Waals surface area contributed by atoms with Gasteiger partial charge in [0.15, 0.2) is 12.4 Å². The first-order valence-corrected chi connectivity index (χ1v) is 7.08. The lowest BCUT2D eigenvalue weighted by molar-refractivity contribution is -0.757. The zero-order chi connectivity index (χ0) is 14.8. The maximum Gasteiger partial charge on any atom is 0.272 e. The summed E-state index contributed by atoms with van der Waals surface area (Å²) in [6.45, 7) is 3.88. The molecule has 0 aliphatic rings. The lowest BCUT2D eigenvalue weighted by atomic mass is 10.2. The molecule has 3 nitrogen and oxygen atoms in total. The molecule has 0 unspecified atom stereocenters. The van der Waals surface area contributed by atoms with Crippen LogP contribution in [0.3, 0.4) is 0 Å². The molecule has 0 aliphatic heterocycles. The SMILES string of the molecule is CC(C)(N=Nc1c(Cl)cc(Cl)cc1Cl)[n+]1ccccc1. The number of hydrogen-bond donors (Lipinski definition) is 0. The lowest BCUT2D eigenvalue weighted by Crippen LogP contribution is -2.50. The summed E-state index contributed by atoms with van der Waals surface area (Å²) in [5, 5.41) is 9.72. The van der Waals surface area contributed by atoms with Gasteiger partial charge in [-0.05, 0) is 12.1 Å². The molecule has 0 saturated carbocycles. The molecule has 0 fully saturated rings. The minimum absolute atomic E-state index is 0.375. The molecule has 2 aromatic rings. The molecule has 0 saturated heterocycles. The molecule has 0 amide bonds. The van der Waals surface area contributed by atoms with Crippen molar-refractivity contribution in [1.82, 2.24) is 0 Å². The van der Waals surface area contributed by atoms with Crippen molar-refractivity contribution < 1.29 is 4.57 Å². The second kappa shape index (κ2) is 6.08. The van der Waals surface area contributed by atoms with Crippen LogP contribution in [-0.2, 0) is 5.66 Å². The molecule has 1 aromatic carbocycles. The van der Waals surface area contributed by atoms with Crippen LogP contribution in [0.5, 0.6) is 0 Å². The Hall–Kier alpha value is -1.16. The van der Waals surface area contributed by atoms with Gasteiger partial charge >= 0.3 is 0 Å². The van der Waals surface area contributed by atoms with Crippen LogP contribution in [0.15, 0.2) is 53.0 Å². The third-order valence-electron chi connectivity index (χ3n) is 2.72. The van der Waals surface area contributed by atoms with Gasteiger partial charge in [-0.2, -0.15) is 4.57 Å². The highest BCUT2D eigenvalue weighted by molar-refractivity contribution is 6.41. The van der Waals surface area contributed by atoms with Crippen LogP contribution < -0.4 is 4.57 Å². The van der Waals surface area contributed by atoms with Crippen LogP contribution >= 0.6 is 34.8 Å². The zero-order valence-corrected chi connectivity index (χ0v) is 13.3. The number of halogens is 3. The van der Waals surface area contributed by atoms with Gasteiger partial charge in [0.1, 0.15) is 5.69 Å². The van der Waals surface area contributed by atoms with E-state index < -0.39 is 5.66 Å². The molecule has 1 aromatic heterocycles. The van der Waals surface area contributed by atoms with Crippen LogP contribution in [0.4, 0.5) is 5.69 Å². The molecule has 2 rings (SSSR count). The maximum atomic E-state index is 6.08. The van der Waals surface area contributed by atoms with Crippen LogP contribution in [-0.4, -0.2) is 0 Å². The van der Waals surface area contributed by atoms with E-state index in [-0.39, 0.29) is 0 Å². The molecule has 0 N–H and O–H groups in total. The van der Waals surface area contributed by atoms with Crippen molar-refractivity contribution in [2.75, 3.05) is 0 Å². The van der Waals surface area contributed by atoms with Gasteiger partial charge in [-0.1, -0.05) is 40.9 Å². The van der Waals surface area contributed by atoms with Gasteiger partial charge in [-0.25, -0.2) is 0 Å². The average molecular weight is 330 g/mol. The normalized spacial score (nSPS) is 12.1. The minimum Gasteiger partial charge on any atom is -0.178 e. The topological polar surface area (TPSA) is 28.6 Å². The van der Waals surface area contributed by atoms with Crippen LogP contribution in [0.25, 0.3) is 0 Å². The van der Waals surface area contributed by atoms with E-state index in [0.717, 1.165) is 0 Å². The number of azo groups is 1. The number of aromatic nitrogens is 1. The molecule has 20 heavy (non-hydrogen) atoms. The first kappa shape index (κ1) is 15.2. The van der Waals surface area contributed by atoms with Crippen molar-refractivity contribution in [3.8, 4) is 0 Å². The summed E-state index contributed by atoms with van der Waals surface area (Å²) in [7, 11) is 0. The van der Waals surface area contributed by atoms with Crippen molar-refractivity contribution in [1.29, 1.82) is 0 Å². The van der Waals surface area contributed by atoms with E-state index in [1.165, 1.54) is 0 Å². The number of pyridine rings is 1. The molecule has 0 atom stereocenters. The number of benzene rings is 1. The quantitative estimate of drug-likeness (QED) is 0.532. The van der Waals surface area contributed by atoms with Crippen molar-refractivity contribution >= 4 is 40.5 Å². The standard InChI is InChI=1S/C14H13Cl3N3/c1-14(2,20-6-4-3-5-7-20)19-18-13-11(16)8-10(15)9-12(13)17/h3-9H,1-2H3/q+1. The highest BCUT2D eigenvalue weighted by Crippen LogP contribution is 2.36. The molecular weight excluding hydrogens is 317 g/mol. The van der Waals surface area contributed by atoms with Crippen molar-refractivity contribution in [2.45, 2.75) is 19.5 Å². The maximum absolute atomic E-state index is 6.08. The highest BCUT2D eigenvalue weighted by Gasteiger charge is 2.27. The summed E-state index contributed by atoms with van der Waals surface area (Å²) in [6, 6.07) is 8.98. The van der Waals surface area contributed by atoms with Gasteiger partial charge in [0.05, 0.1) is 10.0 Å². The lowest BCUT2D eigenvalue weighted by Gasteiger charge is -2.12. The monoisotopic (exact) mass is 328 g/mol. The van der Waals surface area contributed by atoms with E-state index in [2.05, 4.69) is 10.2 Å². The van der Waals surface area contributed by atoms with Crippen molar-refractivity contribution in [3.63, 3.8) is 0 Å². The van der Waals surface area contributed by atoms with E-state index in [4.69, 9.17) is 34.8 Å². The minimum atomic E-state index is -0.548. The second-order valence-electron chi connectivity index (χ2n) is 4.70. The first-order chi connectivity index (χ1) is 9.40. The predicted molar refractivity (Wildman–Crippen MR) is 81.9 cm³/mol. The average Bonchev–Trinajstić information content (AvgIpc) is 2.38. The Kier molecular flexibility index (Phi) is 4.63. The third-order valence-corrected chi connectivity index (χ3v) is 3.52. The summed E-state index contributed by atoms with van der Waals surface area (Å²) >= 11 is 18.0. The van der Waals surface area contributed by atoms with Gasteiger partial charge in [0.25, 0.3) is 5.66 Å².